The third-order valence-corrected chi connectivity index (χ3v) is 4.18. The van der Waals surface area contributed by atoms with Crippen molar-refractivity contribution in [2.45, 2.75) is 13.8 Å². The number of benzene rings is 2. The van der Waals surface area contributed by atoms with Crippen LogP contribution in [0.4, 0.5) is 0 Å². The SMILES string of the molecule is Cc1ccc(-c2cc(Cl)nc3c2nnc2ccc(C)cc23)cc1. The van der Waals surface area contributed by atoms with Crippen molar-refractivity contribution >= 4 is 33.5 Å². The predicted molar refractivity (Wildman–Crippen MR) is 94.8 cm³/mol. The molecule has 0 saturated carbocycles. The Balaban J connectivity index is 2.11. The van der Waals surface area contributed by atoms with Gasteiger partial charge in [-0.3, -0.25) is 0 Å². The maximum atomic E-state index is 6.29. The van der Waals surface area contributed by atoms with Gasteiger partial charge in [-0.25, -0.2) is 4.98 Å². The van der Waals surface area contributed by atoms with Crippen LogP contribution >= 0.6 is 11.6 Å². The maximum absolute atomic E-state index is 6.29. The number of aryl methyl sites for hydroxylation is 2. The molecular weight excluding hydrogens is 306 g/mol. The minimum Gasteiger partial charge on any atom is -0.234 e. The van der Waals surface area contributed by atoms with E-state index in [0.29, 0.717) is 5.15 Å². The molecule has 0 radical (unpaired) electrons. The van der Waals surface area contributed by atoms with Gasteiger partial charge < -0.3 is 0 Å². The van der Waals surface area contributed by atoms with Crippen molar-refractivity contribution in [3.05, 3.63) is 64.8 Å². The van der Waals surface area contributed by atoms with Crippen molar-refractivity contribution < 1.29 is 0 Å². The lowest BCUT2D eigenvalue weighted by molar-refractivity contribution is 1.11. The van der Waals surface area contributed by atoms with Crippen LogP contribution in [0.25, 0.3) is 33.1 Å². The first-order valence-corrected chi connectivity index (χ1v) is 7.80. The first-order valence-electron chi connectivity index (χ1n) is 7.42. The Kier molecular flexibility index (Phi) is 3.24. The lowest BCUT2D eigenvalue weighted by Crippen LogP contribution is -1.94. The van der Waals surface area contributed by atoms with E-state index in [-0.39, 0.29) is 0 Å². The number of pyridine rings is 1. The number of hydrogen-bond donors (Lipinski definition) is 0. The molecule has 4 aromatic rings. The average Bonchev–Trinajstić information content (AvgIpc) is 2.55. The van der Waals surface area contributed by atoms with Crippen molar-refractivity contribution in [1.29, 1.82) is 0 Å². The van der Waals surface area contributed by atoms with E-state index in [1.54, 1.807) is 0 Å². The smallest absolute Gasteiger partial charge is 0.130 e. The van der Waals surface area contributed by atoms with Crippen LogP contribution in [-0.2, 0) is 0 Å². The molecule has 0 aliphatic heterocycles. The van der Waals surface area contributed by atoms with Gasteiger partial charge >= 0.3 is 0 Å². The number of nitrogens with zero attached hydrogens (tertiary/aromatic N) is 3. The van der Waals surface area contributed by atoms with Gasteiger partial charge in [-0.15, -0.1) is 10.2 Å². The predicted octanol–water partition coefficient (Wildman–Crippen LogP) is 5.12. The third kappa shape index (κ3) is 2.43. The van der Waals surface area contributed by atoms with Gasteiger partial charge in [0, 0.05) is 10.9 Å². The van der Waals surface area contributed by atoms with E-state index in [0.717, 1.165) is 38.6 Å². The molecule has 112 valence electrons. The lowest BCUT2D eigenvalue weighted by atomic mass is 10.0. The Bertz CT molecular complexity index is 1040. The summed E-state index contributed by atoms with van der Waals surface area (Å²) in [6, 6.07) is 16.2. The molecule has 0 atom stereocenters. The fraction of sp³-hybridized carbons (Fsp3) is 0.105. The molecule has 0 N–H and O–H groups in total. The zero-order chi connectivity index (χ0) is 16.0. The number of rotatable bonds is 1. The summed E-state index contributed by atoms with van der Waals surface area (Å²) in [5.41, 5.74) is 6.78. The third-order valence-electron chi connectivity index (χ3n) is 3.99. The summed E-state index contributed by atoms with van der Waals surface area (Å²) in [5.74, 6) is 0. The van der Waals surface area contributed by atoms with Crippen LogP contribution in [0.3, 0.4) is 0 Å². The van der Waals surface area contributed by atoms with Gasteiger partial charge in [-0.1, -0.05) is 53.1 Å². The van der Waals surface area contributed by atoms with Gasteiger partial charge in [-0.05, 0) is 37.6 Å². The van der Waals surface area contributed by atoms with Crippen LogP contribution in [-0.4, -0.2) is 15.2 Å². The number of aromatic nitrogens is 3. The summed E-state index contributed by atoms with van der Waals surface area (Å²) in [5, 5.41) is 10.2. The van der Waals surface area contributed by atoms with Gasteiger partial charge in [0.05, 0.1) is 5.52 Å². The topological polar surface area (TPSA) is 38.7 Å². The lowest BCUT2D eigenvalue weighted by Gasteiger charge is -2.09. The van der Waals surface area contributed by atoms with E-state index >= 15 is 0 Å². The molecular formula is C19H14ClN3. The van der Waals surface area contributed by atoms with Crippen LogP contribution in [0.1, 0.15) is 11.1 Å². The second-order valence-electron chi connectivity index (χ2n) is 5.78. The highest BCUT2D eigenvalue weighted by molar-refractivity contribution is 6.30. The minimum atomic E-state index is 0.462. The summed E-state index contributed by atoms with van der Waals surface area (Å²) in [4.78, 5) is 4.51. The van der Waals surface area contributed by atoms with Crippen LogP contribution in [0.15, 0.2) is 48.5 Å². The molecule has 0 unspecified atom stereocenters. The fourth-order valence-electron chi connectivity index (χ4n) is 2.78. The maximum Gasteiger partial charge on any atom is 0.130 e. The quantitative estimate of drug-likeness (QED) is 0.361. The number of hydrogen-bond acceptors (Lipinski definition) is 3. The van der Waals surface area contributed by atoms with Gasteiger partial charge in [0.25, 0.3) is 0 Å². The van der Waals surface area contributed by atoms with Crippen molar-refractivity contribution in [2.75, 3.05) is 0 Å². The normalized spacial score (nSPS) is 11.3. The second kappa shape index (κ2) is 5.28. The largest absolute Gasteiger partial charge is 0.234 e. The summed E-state index contributed by atoms with van der Waals surface area (Å²) in [6.45, 7) is 4.12. The Labute approximate surface area is 139 Å². The van der Waals surface area contributed by atoms with E-state index in [1.807, 2.05) is 18.2 Å². The number of fused-ring (bicyclic) bond motifs is 3. The van der Waals surface area contributed by atoms with Crippen molar-refractivity contribution in [2.24, 2.45) is 0 Å². The zero-order valence-electron chi connectivity index (χ0n) is 12.8. The summed E-state index contributed by atoms with van der Waals surface area (Å²) < 4.78 is 0. The first kappa shape index (κ1) is 14.1. The van der Waals surface area contributed by atoms with Gasteiger partial charge in [0.1, 0.15) is 16.2 Å². The molecule has 4 heteroatoms. The Morgan fingerprint density at radius 2 is 1.52 bits per heavy atom. The Morgan fingerprint density at radius 1 is 0.783 bits per heavy atom. The highest BCUT2D eigenvalue weighted by Crippen LogP contribution is 2.32. The number of halogens is 1. The standard InChI is InChI=1S/C19H14ClN3/c1-11-3-6-13(7-4-11)14-10-17(20)21-18-15-9-12(2)5-8-16(15)22-23-19(14)18/h3-10H,1-2H3. The van der Waals surface area contributed by atoms with E-state index in [9.17, 15) is 0 Å². The van der Waals surface area contributed by atoms with E-state index < -0.39 is 0 Å². The molecule has 0 aliphatic carbocycles. The molecule has 23 heavy (non-hydrogen) atoms. The van der Waals surface area contributed by atoms with Crippen molar-refractivity contribution in [3.63, 3.8) is 0 Å². The monoisotopic (exact) mass is 319 g/mol. The first-order chi connectivity index (χ1) is 11.1. The van der Waals surface area contributed by atoms with Crippen LogP contribution in [0.5, 0.6) is 0 Å². The van der Waals surface area contributed by atoms with E-state index in [2.05, 4.69) is 59.4 Å². The summed E-state index contributed by atoms with van der Waals surface area (Å²) in [7, 11) is 0. The van der Waals surface area contributed by atoms with Gasteiger partial charge in [0.2, 0.25) is 0 Å². The van der Waals surface area contributed by atoms with Crippen LogP contribution in [0.2, 0.25) is 5.15 Å². The molecule has 0 saturated heterocycles. The van der Waals surface area contributed by atoms with E-state index in [4.69, 9.17) is 11.6 Å². The van der Waals surface area contributed by atoms with Crippen LogP contribution in [0, 0.1) is 13.8 Å². The highest BCUT2D eigenvalue weighted by Gasteiger charge is 2.12. The molecule has 3 nitrogen and oxygen atoms in total. The van der Waals surface area contributed by atoms with Gasteiger partial charge in [-0.2, -0.15) is 0 Å². The summed E-state index contributed by atoms with van der Waals surface area (Å²) >= 11 is 6.29. The van der Waals surface area contributed by atoms with Gasteiger partial charge in [0.15, 0.2) is 0 Å². The van der Waals surface area contributed by atoms with Crippen LogP contribution < -0.4 is 0 Å². The molecule has 2 heterocycles. The highest BCUT2D eigenvalue weighted by atomic mass is 35.5. The molecule has 0 fully saturated rings. The molecule has 0 amide bonds. The molecule has 0 aliphatic rings. The van der Waals surface area contributed by atoms with E-state index in [1.165, 1.54) is 5.56 Å². The second-order valence-corrected chi connectivity index (χ2v) is 6.16. The zero-order valence-corrected chi connectivity index (χ0v) is 13.6. The average molecular weight is 320 g/mol. The Hall–Kier alpha value is -2.52. The summed E-state index contributed by atoms with van der Waals surface area (Å²) in [6.07, 6.45) is 0. The minimum absolute atomic E-state index is 0.462. The molecule has 0 bridgehead atoms. The molecule has 2 aromatic carbocycles. The Morgan fingerprint density at radius 3 is 2.30 bits per heavy atom. The van der Waals surface area contributed by atoms with Crippen molar-refractivity contribution in [1.82, 2.24) is 15.2 Å². The molecule has 2 aromatic heterocycles. The molecule has 4 rings (SSSR count). The fourth-order valence-corrected chi connectivity index (χ4v) is 2.97. The molecule has 0 spiro atoms. The van der Waals surface area contributed by atoms with Crippen molar-refractivity contribution in [3.8, 4) is 11.1 Å².